The van der Waals surface area contributed by atoms with Crippen molar-refractivity contribution in [1.82, 2.24) is 14.5 Å². The number of halogens is 2. The summed E-state index contributed by atoms with van der Waals surface area (Å²) in [6, 6.07) is 7.61. The lowest BCUT2D eigenvalue weighted by molar-refractivity contribution is 0.0660. The Morgan fingerprint density at radius 2 is 2.00 bits per heavy atom. The molecular formula is C20H19BrFN3O2S. The van der Waals surface area contributed by atoms with Crippen LogP contribution in [0.2, 0.25) is 0 Å². The molecule has 1 aromatic carbocycles. The van der Waals surface area contributed by atoms with Crippen LogP contribution < -0.4 is 10.3 Å². The fraction of sp³-hybridized carbons (Fsp3) is 0.400. The normalized spacial score (nSPS) is 24.8. The molecule has 5 rings (SSSR count). The first-order valence-corrected chi connectivity index (χ1v) is 11.0. The molecule has 0 saturated carbocycles. The van der Waals surface area contributed by atoms with E-state index < -0.39 is 5.82 Å². The van der Waals surface area contributed by atoms with Gasteiger partial charge in [-0.25, -0.2) is 9.37 Å². The monoisotopic (exact) mass is 463 g/mol. The maximum atomic E-state index is 14.8. The molecule has 146 valence electrons. The third-order valence-corrected chi connectivity index (χ3v) is 7.56. The predicted molar refractivity (Wildman–Crippen MR) is 111 cm³/mol. The van der Waals surface area contributed by atoms with Crippen LogP contribution in [0.3, 0.4) is 0 Å². The molecule has 0 N–H and O–H groups in total. The number of benzene rings is 1. The molecule has 0 radical (unpaired) electrons. The van der Waals surface area contributed by atoms with Gasteiger partial charge in [0.05, 0.1) is 15.0 Å². The van der Waals surface area contributed by atoms with Gasteiger partial charge in [-0.3, -0.25) is 9.36 Å². The summed E-state index contributed by atoms with van der Waals surface area (Å²) in [6.07, 6.45) is 5.87. The topological polar surface area (TPSA) is 47.4 Å². The van der Waals surface area contributed by atoms with Crippen molar-refractivity contribution in [2.24, 2.45) is 0 Å². The minimum atomic E-state index is -0.493. The van der Waals surface area contributed by atoms with Crippen molar-refractivity contribution in [3.05, 3.63) is 50.6 Å². The van der Waals surface area contributed by atoms with Crippen LogP contribution in [0.5, 0.6) is 5.75 Å². The molecule has 2 saturated heterocycles. The molecule has 3 atom stereocenters. The first-order chi connectivity index (χ1) is 13.5. The summed E-state index contributed by atoms with van der Waals surface area (Å²) < 4.78 is 23.5. The molecule has 0 aliphatic carbocycles. The molecule has 28 heavy (non-hydrogen) atoms. The molecule has 3 aromatic rings. The lowest BCUT2D eigenvalue weighted by atomic mass is 10.0. The van der Waals surface area contributed by atoms with Crippen LogP contribution in [-0.2, 0) is 0 Å². The Labute approximate surface area is 173 Å². The second-order valence-corrected chi connectivity index (χ2v) is 9.99. The summed E-state index contributed by atoms with van der Waals surface area (Å²) in [5, 5.41) is 0. The van der Waals surface area contributed by atoms with Crippen LogP contribution in [0.25, 0.3) is 15.9 Å². The Hall–Kier alpha value is -1.77. The van der Waals surface area contributed by atoms with Crippen molar-refractivity contribution in [3.63, 3.8) is 0 Å². The van der Waals surface area contributed by atoms with E-state index >= 15 is 0 Å². The van der Waals surface area contributed by atoms with Crippen molar-refractivity contribution in [2.75, 3.05) is 7.05 Å². The van der Waals surface area contributed by atoms with Crippen molar-refractivity contribution < 1.29 is 9.13 Å². The van der Waals surface area contributed by atoms with Gasteiger partial charge in [0.15, 0.2) is 5.82 Å². The van der Waals surface area contributed by atoms with E-state index in [2.05, 4.69) is 32.9 Å². The van der Waals surface area contributed by atoms with Crippen molar-refractivity contribution >= 4 is 37.5 Å². The number of thiophene rings is 1. The number of hydrogen-bond acceptors (Lipinski definition) is 5. The van der Waals surface area contributed by atoms with Gasteiger partial charge in [-0.15, -0.1) is 11.3 Å². The maximum Gasteiger partial charge on any atom is 0.275 e. The van der Waals surface area contributed by atoms with Gasteiger partial charge in [-0.1, -0.05) is 0 Å². The first-order valence-electron chi connectivity index (χ1n) is 9.35. The molecular weight excluding hydrogens is 445 g/mol. The summed E-state index contributed by atoms with van der Waals surface area (Å²) in [5.41, 5.74) is 0.510. The number of fused-ring (bicyclic) bond motifs is 3. The van der Waals surface area contributed by atoms with Gasteiger partial charge in [0.1, 0.15) is 22.9 Å². The summed E-state index contributed by atoms with van der Waals surface area (Å²) in [7, 11) is 2.18. The number of hydrogen-bond donors (Lipinski definition) is 0. The molecule has 8 heteroatoms. The van der Waals surface area contributed by atoms with Crippen molar-refractivity contribution in [2.45, 2.75) is 43.9 Å². The lowest BCUT2D eigenvalue weighted by Gasteiger charge is -2.36. The second kappa shape index (κ2) is 6.93. The van der Waals surface area contributed by atoms with Crippen LogP contribution >= 0.6 is 27.3 Å². The molecule has 4 heterocycles. The first kappa shape index (κ1) is 18.3. The summed E-state index contributed by atoms with van der Waals surface area (Å²) in [6.45, 7) is 0. The highest BCUT2D eigenvalue weighted by Gasteiger charge is 2.39. The van der Waals surface area contributed by atoms with Gasteiger partial charge in [0.2, 0.25) is 0 Å². The zero-order valence-corrected chi connectivity index (χ0v) is 17.7. The maximum absolute atomic E-state index is 14.8. The Balaban J connectivity index is 1.41. The van der Waals surface area contributed by atoms with E-state index in [0.717, 1.165) is 16.6 Å². The van der Waals surface area contributed by atoms with Gasteiger partial charge >= 0.3 is 0 Å². The van der Waals surface area contributed by atoms with Crippen LogP contribution in [0.15, 0.2) is 39.2 Å². The number of nitrogens with zero attached hydrogens (tertiary/aromatic N) is 3. The number of ether oxygens (including phenoxy) is 1. The quantitative estimate of drug-likeness (QED) is 0.579. The molecule has 2 aromatic heterocycles. The van der Waals surface area contributed by atoms with E-state index in [1.807, 2.05) is 0 Å². The smallest absolute Gasteiger partial charge is 0.275 e. The van der Waals surface area contributed by atoms with E-state index in [0.29, 0.717) is 28.0 Å². The average Bonchev–Trinajstić information content (AvgIpc) is 3.12. The van der Waals surface area contributed by atoms with Gasteiger partial charge in [0, 0.05) is 18.2 Å². The largest absolute Gasteiger partial charge is 0.490 e. The predicted octanol–water partition coefficient (Wildman–Crippen LogP) is 4.35. The molecule has 2 bridgehead atoms. The molecule has 1 unspecified atom stereocenters. The molecule has 2 aliphatic rings. The van der Waals surface area contributed by atoms with Gasteiger partial charge in [-0.05, 0) is 66.9 Å². The summed E-state index contributed by atoms with van der Waals surface area (Å²) in [5.74, 6) is 0.0171. The number of rotatable bonds is 3. The van der Waals surface area contributed by atoms with E-state index in [9.17, 15) is 9.18 Å². The van der Waals surface area contributed by atoms with Crippen LogP contribution in [0.4, 0.5) is 4.39 Å². The fourth-order valence-electron chi connectivity index (χ4n) is 4.46. The Morgan fingerprint density at radius 3 is 2.71 bits per heavy atom. The van der Waals surface area contributed by atoms with Gasteiger partial charge < -0.3 is 9.64 Å². The molecule has 2 fully saturated rings. The van der Waals surface area contributed by atoms with Crippen molar-refractivity contribution in [3.8, 4) is 11.4 Å². The highest BCUT2D eigenvalue weighted by atomic mass is 79.9. The zero-order chi connectivity index (χ0) is 19.4. The minimum absolute atomic E-state index is 0.114. The summed E-state index contributed by atoms with van der Waals surface area (Å²) >= 11 is 4.66. The second-order valence-electron chi connectivity index (χ2n) is 7.56. The Morgan fingerprint density at radius 1 is 1.25 bits per heavy atom. The van der Waals surface area contributed by atoms with E-state index in [1.165, 1.54) is 41.1 Å². The highest BCUT2D eigenvalue weighted by Crippen LogP contribution is 2.36. The van der Waals surface area contributed by atoms with Crippen LogP contribution in [0, 0.1) is 5.82 Å². The third-order valence-electron chi connectivity index (χ3n) is 5.94. The minimum Gasteiger partial charge on any atom is -0.490 e. The number of piperidine rings is 1. The molecule has 2 aliphatic heterocycles. The van der Waals surface area contributed by atoms with Gasteiger partial charge in [-0.2, -0.15) is 0 Å². The van der Waals surface area contributed by atoms with Gasteiger partial charge in [0.25, 0.3) is 5.56 Å². The van der Waals surface area contributed by atoms with E-state index in [1.54, 1.807) is 18.2 Å². The third kappa shape index (κ3) is 3.07. The van der Waals surface area contributed by atoms with Crippen LogP contribution in [0.1, 0.15) is 25.7 Å². The van der Waals surface area contributed by atoms with Crippen molar-refractivity contribution in [1.29, 1.82) is 0 Å². The SMILES string of the molecule is CN1[C@@H]2CC[C@H]1CC(Oc1ccc(-n3cnc4cc(Br)sc4c3=O)c(F)c1)C2. The Bertz CT molecular complexity index is 1100. The molecule has 0 amide bonds. The van der Waals surface area contributed by atoms with E-state index in [4.69, 9.17) is 4.74 Å². The average molecular weight is 464 g/mol. The number of aromatic nitrogens is 2. The lowest BCUT2D eigenvalue weighted by Crippen LogP contribution is -2.43. The fourth-order valence-corrected chi connectivity index (χ4v) is 5.93. The van der Waals surface area contributed by atoms with E-state index in [-0.39, 0.29) is 17.4 Å². The Kier molecular flexibility index (Phi) is 4.52. The highest BCUT2D eigenvalue weighted by molar-refractivity contribution is 9.11. The molecule has 5 nitrogen and oxygen atoms in total. The standard InChI is InChI=1S/C20H19BrFN3O2S/c1-24-11-2-3-12(24)7-14(6-11)27-13-4-5-17(15(22)8-13)25-10-23-16-9-18(21)28-19(16)20(25)26/h4-5,8-12,14H,2-3,6-7H2,1H3/t11-,12+,14?. The van der Waals surface area contributed by atoms with Crippen LogP contribution in [-0.4, -0.2) is 39.7 Å². The molecule has 0 spiro atoms. The summed E-state index contributed by atoms with van der Waals surface area (Å²) in [4.78, 5) is 19.4. The zero-order valence-electron chi connectivity index (χ0n) is 15.3.